The summed E-state index contributed by atoms with van der Waals surface area (Å²) in [6.45, 7) is 3.91. The molecule has 0 saturated carbocycles. The van der Waals surface area contributed by atoms with Crippen molar-refractivity contribution >= 4 is 12.1 Å². The number of para-hydroxylation sites is 1. The molecule has 63 valence electrons. The molecule has 0 aliphatic carbocycles. The summed E-state index contributed by atoms with van der Waals surface area (Å²) in [5.41, 5.74) is 0.891. The molecule has 0 fully saturated rings. The summed E-state index contributed by atoms with van der Waals surface area (Å²) in [4.78, 5) is 12.1. The van der Waals surface area contributed by atoms with Crippen molar-refractivity contribution in [3.63, 3.8) is 0 Å². The molecule has 1 rings (SSSR count). The Kier molecular flexibility index (Phi) is 2.86. The van der Waals surface area contributed by atoms with Crippen LogP contribution in [0.4, 0.5) is 5.69 Å². The average Bonchev–Trinajstić information content (AvgIpc) is 2.07. The number of hydrogen-bond acceptors (Lipinski definition) is 1. The largest absolute Gasteiger partial charge is 0.317 e. The molecule has 0 atom stereocenters. The number of hydrogen-bond donors (Lipinski definition) is 0. The SMILES string of the molecule is CC(C)N([C]=O)c1ccccc1. The van der Waals surface area contributed by atoms with Crippen molar-refractivity contribution in [1.29, 1.82) is 0 Å². The van der Waals surface area contributed by atoms with Crippen LogP contribution in [0.2, 0.25) is 0 Å². The Balaban J connectivity index is 2.88. The minimum Gasteiger partial charge on any atom is -0.302 e. The summed E-state index contributed by atoms with van der Waals surface area (Å²) in [7, 11) is 0. The molecule has 0 saturated heterocycles. The van der Waals surface area contributed by atoms with Gasteiger partial charge in [-0.1, -0.05) is 18.2 Å². The van der Waals surface area contributed by atoms with E-state index >= 15 is 0 Å². The minimum absolute atomic E-state index is 0.157. The number of carbonyl (C=O) groups excluding carboxylic acids is 1. The molecule has 0 N–H and O–H groups in total. The number of nitrogens with zero attached hydrogens (tertiary/aromatic N) is 1. The number of rotatable bonds is 3. The molecule has 0 bridgehead atoms. The van der Waals surface area contributed by atoms with Gasteiger partial charge in [-0.25, -0.2) is 0 Å². The summed E-state index contributed by atoms with van der Waals surface area (Å²) >= 11 is 0. The molecule has 2 heteroatoms. The summed E-state index contributed by atoms with van der Waals surface area (Å²) in [6, 6.07) is 9.68. The van der Waals surface area contributed by atoms with Gasteiger partial charge in [0.1, 0.15) is 0 Å². The lowest BCUT2D eigenvalue weighted by atomic mass is 10.2. The van der Waals surface area contributed by atoms with Crippen LogP contribution < -0.4 is 4.90 Å². The highest BCUT2D eigenvalue weighted by Crippen LogP contribution is 2.13. The highest BCUT2D eigenvalue weighted by Gasteiger charge is 2.08. The molecule has 2 nitrogen and oxygen atoms in total. The lowest BCUT2D eigenvalue weighted by Gasteiger charge is -2.20. The molecule has 1 radical (unpaired) electrons. The lowest BCUT2D eigenvalue weighted by Crippen LogP contribution is -2.28. The van der Waals surface area contributed by atoms with Crippen LogP contribution in [0.25, 0.3) is 0 Å². The van der Waals surface area contributed by atoms with E-state index < -0.39 is 0 Å². The van der Waals surface area contributed by atoms with Crippen LogP contribution >= 0.6 is 0 Å². The minimum atomic E-state index is 0.157. The Hall–Kier alpha value is -1.31. The average molecular weight is 162 g/mol. The second kappa shape index (κ2) is 3.90. The van der Waals surface area contributed by atoms with E-state index in [1.165, 1.54) is 0 Å². The van der Waals surface area contributed by atoms with Crippen molar-refractivity contribution in [3.8, 4) is 0 Å². The zero-order valence-electron chi connectivity index (χ0n) is 7.32. The summed E-state index contributed by atoms with van der Waals surface area (Å²) < 4.78 is 0. The van der Waals surface area contributed by atoms with E-state index in [0.29, 0.717) is 0 Å². The van der Waals surface area contributed by atoms with Crippen LogP contribution in [0.1, 0.15) is 13.8 Å². The van der Waals surface area contributed by atoms with E-state index in [1.54, 1.807) is 4.90 Å². The Morgan fingerprint density at radius 3 is 2.25 bits per heavy atom. The van der Waals surface area contributed by atoms with E-state index in [0.717, 1.165) is 5.69 Å². The third-order valence-electron chi connectivity index (χ3n) is 1.65. The van der Waals surface area contributed by atoms with Crippen molar-refractivity contribution in [2.45, 2.75) is 19.9 Å². The standard InChI is InChI=1S/C10H12NO/c1-9(2)11(8-12)10-6-4-3-5-7-10/h3-7,9H,1-2H3. The molecule has 0 heterocycles. The van der Waals surface area contributed by atoms with Gasteiger partial charge in [0.25, 0.3) is 0 Å². The predicted molar refractivity (Wildman–Crippen MR) is 49.8 cm³/mol. The lowest BCUT2D eigenvalue weighted by molar-refractivity contribution is 0.545. The molecule has 0 aliphatic rings. The Labute approximate surface area is 72.8 Å². The van der Waals surface area contributed by atoms with Crippen molar-refractivity contribution in [3.05, 3.63) is 30.3 Å². The van der Waals surface area contributed by atoms with Gasteiger partial charge in [0.2, 0.25) is 0 Å². The predicted octanol–water partition coefficient (Wildman–Crippen LogP) is 1.97. The summed E-state index contributed by atoms with van der Waals surface area (Å²) in [6.07, 6.45) is 1.90. The normalized spacial score (nSPS) is 9.92. The van der Waals surface area contributed by atoms with Gasteiger partial charge in [-0.3, -0.25) is 4.79 Å². The second-order valence-electron chi connectivity index (χ2n) is 2.89. The molecule has 1 aromatic carbocycles. The number of amides is 1. The van der Waals surface area contributed by atoms with Crippen molar-refractivity contribution in [2.24, 2.45) is 0 Å². The van der Waals surface area contributed by atoms with Crippen LogP contribution in [0.5, 0.6) is 0 Å². The van der Waals surface area contributed by atoms with Crippen LogP contribution in [0.3, 0.4) is 0 Å². The van der Waals surface area contributed by atoms with Gasteiger partial charge in [-0.05, 0) is 26.0 Å². The zero-order valence-corrected chi connectivity index (χ0v) is 7.32. The molecule has 0 aromatic heterocycles. The Morgan fingerprint density at radius 2 is 1.83 bits per heavy atom. The van der Waals surface area contributed by atoms with E-state index in [2.05, 4.69) is 0 Å². The maximum Gasteiger partial charge on any atom is 0.317 e. The molecule has 0 aliphatic heterocycles. The Bertz CT molecular complexity index is 243. The first-order valence-corrected chi connectivity index (χ1v) is 3.97. The fourth-order valence-corrected chi connectivity index (χ4v) is 1.04. The quantitative estimate of drug-likeness (QED) is 0.622. The number of benzene rings is 1. The molecule has 1 aromatic rings. The van der Waals surface area contributed by atoms with Crippen molar-refractivity contribution in [2.75, 3.05) is 4.90 Å². The highest BCUT2D eigenvalue weighted by atomic mass is 16.1. The topological polar surface area (TPSA) is 20.3 Å². The Morgan fingerprint density at radius 1 is 1.25 bits per heavy atom. The van der Waals surface area contributed by atoms with Gasteiger partial charge in [0.05, 0.1) is 0 Å². The molecule has 12 heavy (non-hydrogen) atoms. The maximum absolute atomic E-state index is 10.5. The fraction of sp³-hybridized carbons (Fsp3) is 0.300. The van der Waals surface area contributed by atoms with Gasteiger partial charge in [0.15, 0.2) is 0 Å². The van der Waals surface area contributed by atoms with Gasteiger partial charge < -0.3 is 4.90 Å². The van der Waals surface area contributed by atoms with Crippen molar-refractivity contribution in [1.82, 2.24) is 0 Å². The van der Waals surface area contributed by atoms with E-state index in [4.69, 9.17) is 0 Å². The van der Waals surface area contributed by atoms with Crippen LogP contribution in [0.15, 0.2) is 30.3 Å². The third-order valence-corrected chi connectivity index (χ3v) is 1.65. The van der Waals surface area contributed by atoms with Gasteiger partial charge in [-0.2, -0.15) is 0 Å². The van der Waals surface area contributed by atoms with Crippen LogP contribution in [-0.2, 0) is 4.79 Å². The van der Waals surface area contributed by atoms with E-state index in [1.807, 2.05) is 50.6 Å². The first-order valence-electron chi connectivity index (χ1n) is 3.97. The summed E-state index contributed by atoms with van der Waals surface area (Å²) in [5, 5.41) is 0. The van der Waals surface area contributed by atoms with E-state index in [-0.39, 0.29) is 6.04 Å². The van der Waals surface area contributed by atoms with Crippen LogP contribution in [0, 0.1) is 0 Å². The van der Waals surface area contributed by atoms with Crippen molar-refractivity contribution < 1.29 is 4.79 Å². The zero-order chi connectivity index (χ0) is 8.97. The maximum atomic E-state index is 10.5. The van der Waals surface area contributed by atoms with Gasteiger partial charge in [-0.15, -0.1) is 0 Å². The fourth-order valence-electron chi connectivity index (χ4n) is 1.04. The molecular formula is C10H12NO. The first kappa shape index (κ1) is 8.78. The molecular weight excluding hydrogens is 150 g/mol. The monoisotopic (exact) mass is 162 g/mol. The molecule has 0 spiro atoms. The third kappa shape index (κ3) is 1.84. The smallest absolute Gasteiger partial charge is 0.302 e. The van der Waals surface area contributed by atoms with Crippen LogP contribution in [-0.4, -0.2) is 12.5 Å². The number of anilines is 1. The van der Waals surface area contributed by atoms with E-state index in [9.17, 15) is 4.79 Å². The molecule has 0 unspecified atom stereocenters. The first-order chi connectivity index (χ1) is 5.75. The highest BCUT2D eigenvalue weighted by molar-refractivity contribution is 5.76. The second-order valence-corrected chi connectivity index (χ2v) is 2.89. The molecule has 1 amide bonds. The van der Waals surface area contributed by atoms with Gasteiger partial charge >= 0.3 is 6.41 Å². The van der Waals surface area contributed by atoms with Gasteiger partial charge in [0, 0.05) is 11.7 Å². The summed E-state index contributed by atoms with van der Waals surface area (Å²) in [5.74, 6) is 0.